The third-order valence-electron chi connectivity index (χ3n) is 5.51. The lowest BCUT2D eigenvalue weighted by molar-refractivity contribution is 0.246. The van der Waals surface area contributed by atoms with E-state index in [2.05, 4.69) is 48.7 Å². The fraction of sp³-hybridized carbons (Fsp3) is 0.550. The number of piperazine rings is 1. The highest BCUT2D eigenvalue weighted by atomic mass is 15.3. The molecule has 2 fully saturated rings. The van der Waals surface area contributed by atoms with Crippen molar-refractivity contribution in [3.8, 4) is 0 Å². The van der Waals surface area contributed by atoms with Crippen LogP contribution < -0.4 is 9.80 Å². The van der Waals surface area contributed by atoms with Gasteiger partial charge < -0.3 is 9.80 Å². The van der Waals surface area contributed by atoms with E-state index >= 15 is 0 Å². The second-order valence-electron chi connectivity index (χ2n) is 7.31. The van der Waals surface area contributed by atoms with Gasteiger partial charge in [0.25, 0.3) is 0 Å². The number of hydrogen-bond acceptors (Lipinski definition) is 6. The molecule has 0 radical (unpaired) electrons. The first-order chi connectivity index (χ1) is 12.8. The molecule has 2 aromatic rings. The van der Waals surface area contributed by atoms with E-state index in [1.165, 1.54) is 30.5 Å². The van der Waals surface area contributed by atoms with Crippen molar-refractivity contribution >= 4 is 11.6 Å². The Morgan fingerprint density at radius 1 is 0.846 bits per heavy atom. The maximum atomic E-state index is 4.54. The van der Waals surface area contributed by atoms with E-state index in [1.807, 2.05) is 12.3 Å². The summed E-state index contributed by atoms with van der Waals surface area (Å²) in [5, 5.41) is 0. The molecular weight excluding hydrogens is 324 g/mol. The van der Waals surface area contributed by atoms with Crippen molar-refractivity contribution in [1.29, 1.82) is 0 Å². The molecule has 138 valence electrons. The Morgan fingerprint density at radius 2 is 1.54 bits per heavy atom. The lowest BCUT2D eigenvalue weighted by Gasteiger charge is -2.36. The van der Waals surface area contributed by atoms with Gasteiger partial charge in [-0.05, 0) is 37.8 Å². The average molecular weight is 352 g/mol. The van der Waals surface area contributed by atoms with Gasteiger partial charge >= 0.3 is 0 Å². The molecule has 0 amide bonds. The van der Waals surface area contributed by atoms with Gasteiger partial charge in [-0.15, -0.1) is 0 Å². The fourth-order valence-corrected chi connectivity index (χ4v) is 3.84. The van der Waals surface area contributed by atoms with Crippen LogP contribution in [0.4, 0.5) is 11.6 Å². The fourth-order valence-electron chi connectivity index (χ4n) is 3.84. The molecule has 26 heavy (non-hydrogen) atoms. The first-order valence-electron chi connectivity index (χ1n) is 9.74. The maximum absolute atomic E-state index is 4.54. The topological polar surface area (TPSA) is 48.4 Å². The lowest BCUT2D eigenvalue weighted by atomic mass is 10.1. The molecular formula is C20H28N6. The van der Waals surface area contributed by atoms with Crippen LogP contribution >= 0.6 is 0 Å². The van der Waals surface area contributed by atoms with Crippen molar-refractivity contribution in [1.82, 2.24) is 19.9 Å². The van der Waals surface area contributed by atoms with Crippen LogP contribution in [0.15, 0.2) is 30.7 Å². The number of pyridine rings is 1. The van der Waals surface area contributed by atoms with Gasteiger partial charge in [0, 0.05) is 58.1 Å². The van der Waals surface area contributed by atoms with Crippen LogP contribution in [0.5, 0.6) is 0 Å². The van der Waals surface area contributed by atoms with Gasteiger partial charge in [0.05, 0.1) is 5.69 Å². The third-order valence-corrected chi connectivity index (χ3v) is 5.51. The normalized spacial score (nSPS) is 19.0. The molecule has 6 heteroatoms. The summed E-state index contributed by atoms with van der Waals surface area (Å²) < 4.78 is 0. The van der Waals surface area contributed by atoms with E-state index in [9.17, 15) is 0 Å². The Kier molecular flexibility index (Phi) is 5.29. The molecule has 0 saturated carbocycles. The van der Waals surface area contributed by atoms with Gasteiger partial charge in [-0.1, -0.05) is 6.07 Å². The minimum Gasteiger partial charge on any atom is -0.356 e. The molecule has 6 nitrogen and oxygen atoms in total. The standard InChI is InChI=1S/C20H28N6/c1-17-6-5-7-21-18(17)15-24-10-12-26(13-11-24)20-14-19(22-16-23-20)25-8-3-2-4-9-25/h5-7,14,16H,2-4,8-13,15H2,1H3. The smallest absolute Gasteiger partial charge is 0.134 e. The van der Waals surface area contributed by atoms with Gasteiger partial charge in [-0.2, -0.15) is 0 Å². The molecule has 0 aliphatic carbocycles. The molecule has 0 bridgehead atoms. The molecule has 0 spiro atoms. The Hall–Kier alpha value is -2.21. The van der Waals surface area contributed by atoms with Crippen LogP contribution in [0.1, 0.15) is 30.5 Å². The van der Waals surface area contributed by atoms with Crippen LogP contribution in [0.25, 0.3) is 0 Å². The second kappa shape index (κ2) is 7.99. The number of anilines is 2. The highest BCUT2D eigenvalue weighted by Gasteiger charge is 2.20. The summed E-state index contributed by atoms with van der Waals surface area (Å²) in [5.41, 5.74) is 2.47. The highest BCUT2D eigenvalue weighted by molar-refractivity contribution is 5.50. The van der Waals surface area contributed by atoms with Crippen LogP contribution in [0, 0.1) is 6.92 Å². The summed E-state index contributed by atoms with van der Waals surface area (Å²) in [6.07, 6.45) is 7.49. The highest BCUT2D eigenvalue weighted by Crippen LogP contribution is 2.22. The number of nitrogens with zero attached hydrogens (tertiary/aromatic N) is 6. The van der Waals surface area contributed by atoms with E-state index in [0.717, 1.165) is 57.4 Å². The van der Waals surface area contributed by atoms with Crippen LogP contribution in [-0.4, -0.2) is 59.1 Å². The van der Waals surface area contributed by atoms with E-state index in [1.54, 1.807) is 6.33 Å². The minimum absolute atomic E-state index is 0.934. The zero-order valence-electron chi connectivity index (χ0n) is 15.6. The van der Waals surface area contributed by atoms with Crippen molar-refractivity contribution in [2.75, 3.05) is 49.1 Å². The van der Waals surface area contributed by atoms with Gasteiger partial charge in [-0.3, -0.25) is 9.88 Å². The number of aryl methyl sites for hydroxylation is 1. The first kappa shape index (κ1) is 17.2. The van der Waals surface area contributed by atoms with Gasteiger partial charge in [0.1, 0.15) is 18.0 Å². The molecule has 0 unspecified atom stereocenters. The van der Waals surface area contributed by atoms with Crippen molar-refractivity contribution in [3.05, 3.63) is 42.0 Å². The lowest BCUT2D eigenvalue weighted by Crippen LogP contribution is -2.46. The predicted molar refractivity (Wildman–Crippen MR) is 105 cm³/mol. The molecule has 0 N–H and O–H groups in total. The zero-order valence-corrected chi connectivity index (χ0v) is 15.6. The minimum atomic E-state index is 0.934. The molecule has 4 heterocycles. The Morgan fingerprint density at radius 3 is 2.23 bits per heavy atom. The first-order valence-corrected chi connectivity index (χ1v) is 9.74. The molecule has 2 saturated heterocycles. The van der Waals surface area contributed by atoms with Crippen molar-refractivity contribution in [3.63, 3.8) is 0 Å². The molecule has 0 atom stereocenters. The average Bonchev–Trinajstić information content (AvgIpc) is 2.71. The molecule has 0 aromatic carbocycles. The van der Waals surface area contributed by atoms with Gasteiger partial charge in [0.15, 0.2) is 0 Å². The van der Waals surface area contributed by atoms with Crippen LogP contribution in [0.3, 0.4) is 0 Å². The second-order valence-corrected chi connectivity index (χ2v) is 7.31. The number of rotatable bonds is 4. The van der Waals surface area contributed by atoms with Crippen LogP contribution in [0.2, 0.25) is 0 Å². The van der Waals surface area contributed by atoms with Gasteiger partial charge in [-0.25, -0.2) is 9.97 Å². The SMILES string of the molecule is Cc1cccnc1CN1CCN(c2cc(N3CCCCC3)ncn2)CC1. The van der Waals surface area contributed by atoms with Crippen LogP contribution in [-0.2, 0) is 6.54 Å². The Balaban J connectivity index is 1.36. The Labute approximate surface area is 155 Å². The summed E-state index contributed by atoms with van der Waals surface area (Å²) in [5.74, 6) is 2.15. The summed E-state index contributed by atoms with van der Waals surface area (Å²) in [6.45, 7) is 9.40. The number of piperidine rings is 1. The van der Waals surface area contributed by atoms with E-state index in [-0.39, 0.29) is 0 Å². The van der Waals surface area contributed by atoms with E-state index in [4.69, 9.17) is 0 Å². The summed E-state index contributed by atoms with van der Waals surface area (Å²) in [7, 11) is 0. The molecule has 2 aliphatic heterocycles. The predicted octanol–water partition coefficient (Wildman–Crippen LogP) is 2.49. The van der Waals surface area contributed by atoms with Crippen molar-refractivity contribution < 1.29 is 0 Å². The quantitative estimate of drug-likeness (QED) is 0.843. The number of aromatic nitrogens is 3. The zero-order chi connectivity index (χ0) is 17.8. The molecule has 2 aromatic heterocycles. The summed E-state index contributed by atoms with van der Waals surface area (Å²) >= 11 is 0. The largest absolute Gasteiger partial charge is 0.356 e. The van der Waals surface area contributed by atoms with Gasteiger partial charge in [0.2, 0.25) is 0 Å². The third kappa shape index (κ3) is 3.96. The Bertz CT molecular complexity index is 720. The molecule has 4 rings (SSSR count). The molecule has 2 aliphatic rings. The van der Waals surface area contributed by atoms with E-state index in [0.29, 0.717) is 0 Å². The maximum Gasteiger partial charge on any atom is 0.134 e. The van der Waals surface area contributed by atoms with E-state index < -0.39 is 0 Å². The van der Waals surface area contributed by atoms with Crippen molar-refractivity contribution in [2.45, 2.75) is 32.7 Å². The summed E-state index contributed by atoms with van der Waals surface area (Å²) in [4.78, 5) is 20.8. The van der Waals surface area contributed by atoms with Crippen molar-refractivity contribution in [2.24, 2.45) is 0 Å². The number of hydrogen-bond donors (Lipinski definition) is 0. The monoisotopic (exact) mass is 352 g/mol. The summed E-state index contributed by atoms with van der Waals surface area (Å²) in [6, 6.07) is 6.32.